The zero-order valence-electron chi connectivity index (χ0n) is 23.0. The lowest BCUT2D eigenvalue weighted by Crippen LogP contribution is -2.35. The Kier molecular flexibility index (Phi) is 8.55. The van der Waals surface area contributed by atoms with E-state index in [1.54, 1.807) is 6.07 Å². The van der Waals surface area contributed by atoms with Gasteiger partial charge in [0.1, 0.15) is 17.9 Å². The number of carboxylic acids is 1. The number of carboxylic acid groups (broad SMARTS) is 1. The minimum Gasteiger partial charge on any atom is -0.487 e. The highest BCUT2D eigenvalue weighted by Gasteiger charge is 2.35. The Balaban J connectivity index is 1.47. The summed E-state index contributed by atoms with van der Waals surface area (Å²) in [6.07, 6.45) is 4.75. The lowest BCUT2D eigenvalue weighted by molar-refractivity contribution is -0.137. The molecule has 200 valence electrons. The van der Waals surface area contributed by atoms with Gasteiger partial charge in [-0.15, -0.1) is 0 Å². The molecule has 0 saturated carbocycles. The Morgan fingerprint density at radius 3 is 2.26 bits per heavy atom. The van der Waals surface area contributed by atoms with E-state index in [4.69, 9.17) is 4.74 Å². The number of rotatable bonds is 11. The molecular weight excluding hydrogens is 474 g/mol. The quantitative estimate of drug-likeness (QED) is 0.306. The van der Waals surface area contributed by atoms with Gasteiger partial charge >= 0.3 is 5.97 Å². The third-order valence-corrected chi connectivity index (χ3v) is 7.28. The van der Waals surface area contributed by atoms with Gasteiger partial charge in [-0.3, -0.25) is 9.59 Å². The van der Waals surface area contributed by atoms with E-state index in [0.29, 0.717) is 17.9 Å². The molecule has 1 atom stereocenters. The molecule has 1 amide bonds. The third-order valence-electron chi connectivity index (χ3n) is 7.28. The molecule has 0 bridgehead atoms. The number of hydrogen-bond donors (Lipinski definition) is 1. The van der Waals surface area contributed by atoms with Crippen LogP contribution in [-0.2, 0) is 30.6 Å². The van der Waals surface area contributed by atoms with Gasteiger partial charge in [0.25, 0.3) is 5.91 Å². The van der Waals surface area contributed by atoms with Crippen LogP contribution in [0.1, 0.15) is 84.6 Å². The third kappa shape index (κ3) is 6.83. The highest BCUT2D eigenvalue weighted by atomic mass is 16.5. The summed E-state index contributed by atoms with van der Waals surface area (Å²) in [5.41, 5.74) is 5.77. The van der Waals surface area contributed by atoms with Gasteiger partial charge in [0, 0.05) is 24.9 Å². The Morgan fingerprint density at radius 1 is 0.974 bits per heavy atom. The second-order valence-corrected chi connectivity index (χ2v) is 11.1. The van der Waals surface area contributed by atoms with Crippen molar-refractivity contribution in [2.45, 2.75) is 77.9 Å². The van der Waals surface area contributed by atoms with Crippen LogP contribution in [0.15, 0.2) is 66.7 Å². The van der Waals surface area contributed by atoms with E-state index in [-0.39, 0.29) is 19.0 Å². The average Bonchev–Trinajstić information content (AvgIpc) is 3.22. The van der Waals surface area contributed by atoms with Gasteiger partial charge in [0.05, 0.1) is 0 Å². The number of aryl methyl sites for hydroxylation is 1. The number of unbranched alkanes of at least 4 members (excludes halogenated alkanes) is 1. The predicted octanol–water partition coefficient (Wildman–Crippen LogP) is 6.82. The van der Waals surface area contributed by atoms with E-state index in [1.165, 1.54) is 21.6 Å². The van der Waals surface area contributed by atoms with Crippen LogP contribution >= 0.6 is 0 Å². The first kappa shape index (κ1) is 27.4. The van der Waals surface area contributed by atoms with Crippen LogP contribution in [0.25, 0.3) is 0 Å². The summed E-state index contributed by atoms with van der Waals surface area (Å²) >= 11 is 0. The van der Waals surface area contributed by atoms with Gasteiger partial charge in [-0.1, -0.05) is 75.7 Å². The fraction of sp³-hybridized carbons (Fsp3) is 0.394. The van der Waals surface area contributed by atoms with Gasteiger partial charge in [0.2, 0.25) is 0 Å². The molecular formula is C33H39NO4. The van der Waals surface area contributed by atoms with E-state index in [0.717, 1.165) is 42.6 Å². The summed E-state index contributed by atoms with van der Waals surface area (Å²) < 4.78 is 6.35. The number of aliphatic carboxylic acids is 1. The SMILES string of the molecule is CCCCc1ccc(CN(CC(=O)O)C(=O)c2ccc3c(c2)CC(C)(Cc2ccc(C(C)C)cc2)O3)cc1. The molecule has 0 saturated heterocycles. The second-order valence-electron chi connectivity index (χ2n) is 11.1. The number of amides is 1. The van der Waals surface area contributed by atoms with E-state index in [2.05, 4.69) is 64.1 Å². The Hall–Kier alpha value is -3.60. The highest BCUT2D eigenvalue weighted by molar-refractivity contribution is 5.96. The minimum atomic E-state index is -1.03. The maximum atomic E-state index is 13.5. The Morgan fingerprint density at radius 2 is 1.63 bits per heavy atom. The van der Waals surface area contributed by atoms with Crippen LogP contribution in [0.3, 0.4) is 0 Å². The fourth-order valence-corrected chi connectivity index (χ4v) is 5.16. The van der Waals surface area contributed by atoms with Crippen molar-refractivity contribution >= 4 is 11.9 Å². The molecule has 1 aliphatic rings. The summed E-state index contributed by atoms with van der Waals surface area (Å²) in [5.74, 6) is -0.0367. The summed E-state index contributed by atoms with van der Waals surface area (Å²) in [4.78, 5) is 26.5. The average molecular weight is 514 g/mol. The smallest absolute Gasteiger partial charge is 0.323 e. The van der Waals surface area contributed by atoms with Crippen molar-refractivity contribution in [3.05, 3.63) is 100 Å². The molecule has 5 nitrogen and oxygen atoms in total. The molecule has 0 aliphatic carbocycles. The Labute approximate surface area is 226 Å². The van der Waals surface area contributed by atoms with Crippen molar-refractivity contribution in [3.63, 3.8) is 0 Å². The van der Waals surface area contributed by atoms with Crippen molar-refractivity contribution in [2.24, 2.45) is 0 Å². The van der Waals surface area contributed by atoms with Crippen molar-refractivity contribution in [3.8, 4) is 5.75 Å². The molecule has 0 fully saturated rings. The van der Waals surface area contributed by atoms with Gasteiger partial charge in [-0.2, -0.15) is 0 Å². The monoisotopic (exact) mass is 513 g/mol. The van der Waals surface area contributed by atoms with Crippen LogP contribution in [0.5, 0.6) is 5.75 Å². The first-order valence-electron chi connectivity index (χ1n) is 13.7. The second kappa shape index (κ2) is 11.8. The number of carbonyl (C=O) groups is 2. The standard InChI is InChI=1S/C33H39NO4/c1-5-6-7-24-8-10-26(11-9-24)21-34(22-31(35)36)32(37)28-16-17-30-29(18-28)20-33(4,38-30)19-25-12-14-27(15-13-25)23(2)3/h8-18,23H,5-7,19-22H2,1-4H3,(H,35,36). The van der Waals surface area contributed by atoms with Crippen LogP contribution in [0, 0.1) is 0 Å². The van der Waals surface area contributed by atoms with Gasteiger partial charge in [-0.05, 0) is 71.7 Å². The molecule has 38 heavy (non-hydrogen) atoms. The van der Waals surface area contributed by atoms with Crippen LogP contribution in [-0.4, -0.2) is 34.0 Å². The van der Waals surface area contributed by atoms with Gasteiger partial charge < -0.3 is 14.7 Å². The summed E-state index contributed by atoms with van der Waals surface area (Å²) in [7, 11) is 0. The lowest BCUT2D eigenvalue weighted by Gasteiger charge is -2.24. The Bertz CT molecular complexity index is 1260. The first-order chi connectivity index (χ1) is 18.2. The molecule has 3 aromatic carbocycles. The first-order valence-corrected chi connectivity index (χ1v) is 13.7. The summed E-state index contributed by atoms with van der Waals surface area (Å²) in [6.45, 7) is 8.54. The van der Waals surface area contributed by atoms with Crippen molar-refractivity contribution in [1.29, 1.82) is 0 Å². The lowest BCUT2D eigenvalue weighted by atomic mass is 9.90. The zero-order valence-corrected chi connectivity index (χ0v) is 23.0. The summed E-state index contributed by atoms with van der Waals surface area (Å²) in [5, 5.41) is 9.50. The van der Waals surface area contributed by atoms with Gasteiger partial charge in [-0.25, -0.2) is 0 Å². The van der Waals surface area contributed by atoms with Crippen LogP contribution in [0.2, 0.25) is 0 Å². The molecule has 1 heterocycles. The molecule has 4 rings (SSSR count). The fourth-order valence-electron chi connectivity index (χ4n) is 5.16. The largest absolute Gasteiger partial charge is 0.487 e. The minimum absolute atomic E-state index is 0.247. The molecule has 1 unspecified atom stereocenters. The summed E-state index contributed by atoms with van der Waals surface area (Å²) in [6, 6.07) is 22.3. The van der Waals surface area contributed by atoms with E-state index in [1.807, 2.05) is 24.3 Å². The maximum absolute atomic E-state index is 13.5. The number of benzene rings is 3. The zero-order chi connectivity index (χ0) is 27.3. The topological polar surface area (TPSA) is 66.8 Å². The number of ether oxygens (including phenoxy) is 1. The molecule has 5 heteroatoms. The molecule has 0 spiro atoms. The molecule has 3 aromatic rings. The number of nitrogens with zero attached hydrogens (tertiary/aromatic N) is 1. The van der Waals surface area contributed by atoms with E-state index >= 15 is 0 Å². The normalized spacial score (nSPS) is 16.2. The van der Waals surface area contributed by atoms with Gasteiger partial charge in [0.15, 0.2) is 0 Å². The van der Waals surface area contributed by atoms with Crippen LogP contribution in [0.4, 0.5) is 0 Å². The van der Waals surface area contributed by atoms with E-state index in [9.17, 15) is 14.7 Å². The molecule has 1 aliphatic heterocycles. The molecule has 0 aromatic heterocycles. The highest BCUT2D eigenvalue weighted by Crippen LogP contribution is 2.38. The predicted molar refractivity (Wildman–Crippen MR) is 151 cm³/mol. The number of hydrogen-bond acceptors (Lipinski definition) is 3. The van der Waals surface area contributed by atoms with Crippen molar-refractivity contribution in [2.75, 3.05) is 6.54 Å². The molecule has 1 N–H and O–H groups in total. The maximum Gasteiger partial charge on any atom is 0.323 e. The number of carbonyl (C=O) groups excluding carboxylic acids is 1. The van der Waals surface area contributed by atoms with Crippen molar-refractivity contribution in [1.82, 2.24) is 4.90 Å². The molecule has 0 radical (unpaired) electrons. The van der Waals surface area contributed by atoms with E-state index < -0.39 is 11.6 Å². The van der Waals surface area contributed by atoms with Crippen LogP contribution < -0.4 is 4.74 Å². The van der Waals surface area contributed by atoms with Crippen molar-refractivity contribution < 1.29 is 19.4 Å². The number of fused-ring (bicyclic) bond motifs is 1.